The first-order chi connectivity index (χ1) is 7.91. The molecule has 0 aromatic heterocycles. The number of hydrogen-bond donors (Lipinski definition) is 1. The first-order valence-corrected chi connectivity index (χ1v) is 7.64. The quantitative estimate of drug-likeness (QED) is 0.706. The predicted octanol–water partition coefficient (Wildman–Crippen LogP) is 4.62. The molecule has 1 rings (SSSR count). The third-order valence-corrected chi connectivity index (χ3v) is 4.33. The molecule has 0 aromatic carbocycles. The summed E-state index contributed by atoms with van der Waals surface area (Å²) < 4.78 is 0. The predicted molar refractivity (Wildman–Crippen MR) is 77.3 cm³/mol. The topological polar surface area (TPSA) is 12.0 Å². The lowest BCUT2D eigenvalue weighted by molar-refractivity contribution is 0.137. The highest BCUT2D eigenvalue weighted by Crippen LogP contribution is 2.38. The second-order valence-corrected chi connectivity index (χ2v) is 7.29. The third kappa shape index (κ3) is 5.42. The molecule has 1 N–H and O–H groups in total. The summed E-state index contributed by atoms with van der Waals surface area (Å²) in [5, 5.41) is 3.67. The summed E-state index contributed by atoms with van der Waals surface area (Å²) in [6, 6.07) is 0.616. The maximum absolute atomic E-state index is 3.67. The van der Waals surface area contributed by atoms with E-state index in [1.54, 1.807) is 0 Å². The first-order valence-electron chi connectivity index (χ1n) is 7.64. The molecule has 1 heteroatoms. The molecule has 0 radical (unpaired) electrons. The standard InChI is InChI=1S/C16H33N/c1-13(2)17-12-15(16(3,4)5)14-10-8-6-7-9-11-14/h13-15,17H,6-12H2,1-5H3. The second-order valence-electron chi connectivity index (χ2n) is 7.29. The maximum atomic E-state index is 3.67. The van der Waals surface area contributed by atoms with Crippen molar-refractivity contribution in [1.82, 2.24) is 5.32 Å². The molecule has 0 heterocycles. The Kier molecular flexibility index (Phi) is 5.99. The molecule has 1 aliphatic rings. The Morgan fingerprint density at radius 2 is 1.53 bits per heavy atom. The summed E-state index contributed by atoms with van der Waals surface area (Å²) in [5.41, 5.74) is 0.441. The van der Waals surface area contributed by atoms with Gasteiger partial charge in [-0.15, -0.1) is 0 Å². The van der Waals surface area contributed by atoms with E-state index in [0.717, 1.165) is 11.8 Å². The number of hydrogen-bond acceptors (Lipinski definition) is 1. The molecule has 0 bridgehead atoms. The van der Waals surface area contributed by atoms with Crippen molar-refractivity contribution in [3.8, 4) is 0 Å². The van der Waals surface area contributed by atoms with Gasteiger partial charge in [-0.05, 0) is 23.8 Å². The molecule has 1 unspecified atom stereocenters. The highest BCUT2D eigenvalue weighted by atomic mass is 14.9. The van der Waals surface area contributed by atoms with E-state index in [0.29, 0.717) is 11.5 Å². The largest absolute Gasteiger partial charge is 0.314 e. The lowest BCUT2D eigenvalue weighted by Crippen LogP contribution is -2.39. The van der Waals surface area contributed by atoms with Crippen LogP contribution in [0.5, 0.6) is 0 Å². The summed E-state index contributed by atoms with van der Waals surface area (Å²) in [6.07, 6.45) is 8.76. The van der Waals surface area contributed by atoms with Gasteiger partial charge in [0.2, 0.25) is 0 Å². The van der Waals surface area contributed by atoms with E-state index in [1.165, 1.54) is 45.1 Å². The fourth-order valence-electron chi connectivity index (χ4n) is 3.26. The van der Waals surface area contributed by atoms with Crippen molar-refractivity contribution in [3.05, 3.63) is 0 Å². The van der Waals surface area contributed by atoms with Crippen molar-refractivity contribution in [2.75, 3.05) is 6.54 Å². The van der Waals surface area contributed by atoms with Gasteiger partial charge in [-0.2, -0.15) is 0 Å². The Labute approximate surface area is 109 Å². The van der Waals surface area contributed by atoms with Gasteiger partial charge in [-0.1, -0.05) is 73.1 Å². The third-order valence-electron chi connectivity index (χ3n) is 4.33. The molecule has 1 atom stereocenters. The number of nitrogens with one attached hydrogen (secondary N) is 1. The Hall–Kier alpha value is -0.0400. The molecular formula is C16H33N. The van der Waals surface area contributed by atoms with Gasteiger partial charge in [-0.25, -0.2) is 0 Å². The molecule has 1 nitrogen and oxygen atoms in total. The van der Waals surface area contributed by atoms with Crippen LogP contribution in [0.3, 0.4) is 0 Å². The van der Waals surface area contributed by atoms with Gasteiger partial charge in [0.05, 0.1) is 0 Å². The van der Waals surface area contributed by atoms with E-state index in [9.17, 15) is 0 Å². The normalized spacial score (nSPS) is 21.5. The van der Waals surface area contributed by atoms with Crippen LogP contribution in [-0.2, 0) is 0 Å². The lowest BCUT2D eigenvalue weighted by Gasteiger charge is -2.38. The van der Waals surface area contributed by atoms with Crippen LogP contribution >= 0.6 is 0 Å². The smallest absolute Gasteiger partial charge is 0.00104 e. The van der Waals surface area contributed by atoms with Crippen molar-refractivity contribution < 1.29 is 0 Å². The van der Waals surface area contributed by atoms with Crippen molar-refractivity contribution in [1.29, 1.82) is 0 Å². The minimum absolute atomic E-state index is 0.441. The van der Waals surface area contributed by atoms with Gasteiger partial charge in [0.1, 0.15) is 0 Å². The Balaban J connectivity index is 2.60. The van der Waals surface area contributed by atoms with Gasteiger partial charge < -0.3 is 5.32 Å². The van der Waals surface area contributed by atoms with Crippen LogP contribution in [0.4, 0.5) is 0 Å². The molecule has 1 saturated carbocycles. The molecule has 0 aliphatic heterocycles. The Bertz CT molecular complexity index is 194. The monoisotopic (exact) mass is 239 g/mol. The van der Waals surface area contributed by atoms with Crippen LogP contribution in [-0.4, -0.2) is 12.6 Å². The fraction of sp³-hybridized carbons (Fsp3) is 1.00. The van der Waals surface area contributed by atoms with E-state index in [4.69, 9.17) is 0 Å². The van der Waals surface area contributed by atoms with Crippen LogP contribution in [0, 0.1) is 17.3 Å². The molecule has 1 aliphatic carbocycles. The SMILES string of the molecule is CC(C)NCC(C1CCCCCC1)C(C)(C)C. The molecule has 1 fully saturated rings. The molecule has 0 saturated heterocycles. The van der Waals surface area contributed by atoms with Gasteiger partial charge in [-0.3, -0.25) is 0 Å². The van der Waals surface area contributed by atoms with Crippen LogP contribution in [0.25, 0.3) is 0 Å². The average Bonchev–Trinajstić information content (AvgIpc) is 2.44. The maximum Gasteiger partial charge on any atom is 0.00104 e. The average molecular weight is 239 g/mol. The summed E-state index contributed by atoms with van der Waals surface area (Å²) in [7, 11) is 0. The van der Waals surface area contributed by atoms with E-state index in [-0.39, 0.29) is 0 Å². The summed E-state index contributed by atoms with van der Waals surface area (Å²) >= 11 is 0. The molecule has 0 amide bonds. The molecule has 0 aromatic rings. The molecule has 17 heavy (non-hydrogen) atoms. The van der Waals surface area contributed by atoms with Crippen molar-refractivity contribution in [2.24, 2.45) is 17.3 Å². The second kappa shape index (κ2) is 6.78. The van der Waals surface area contributed by atoms with Gasteiger partial charge in [0, 0.05) is 6.04 Å². The number of rotatable bonds is 4. The zero-order valence-corrected chi connectivity index (χ0v) is 12.7. The van der Waals surface area contributed by atoms with Gasteiger partial charge >= 0.3 is 0 Å². The van der Waals surface area contributed by atoms with Crippen LogP contribution in [0.1, 0.15) is 73.1 Å². The summed E-state index contributed by atoms with van der Waals surface area (Å²) in [5.74, 6) is 1.78. The first kappa shape index (κ1) is 15.0. The molecule has 0 spiro atoms. The molecule has 102 valence electrons. The minimum atomic E-state index is 0.441. The zero-order valence-electron chi connectivity index (χ0n) is 12.7. The van der Waals surface area contributed by atoms with Gasteiger partial charge in [0.25, 0.3) is 0 Å². The minimum Gasteiger partial charge on any atom is -0.314 e. The lowest BCUT2D eigenvalue weighted by atomic mass is 9.70. The fourth-order valence-corrected chi connectivity index (χ4v) is 3.26. The van der Waals surface area contributed by atoms with E-state index >= 15 is 0 Å². The van der Waals surface area contributed by atoms with Crippen molar-refractivity contribution >= 4 is 0 Å². The Morgan fingerprint density at radius 3 is 1.94 bits per heavy atom. The van der Waals surface area contributed by atoms with Crippen molar-refractivity contribution in [3.63, 3.8) is 0 Å². The highest BCUT2D eigenvalue weighted by molar-refractivity contribution is 4.83. The van der Waals surface area contributed by atoms with E-state index < -0.39 is 0 Å². The van der Waals surface area contributed by atoms with Crippen LogP contribution < -0.4 is 5.32 Å². The van der Waals surface area contributed by atoms with Crippen LogP contribution in [0.15, 0.2) is 0 Å². The highest BCUT2D eigenvalue weighted by Gasteiger charge is 2.32. The summed E-state index contributed by atoms with van der Waals surface area (Å²) in [4.78, 5) is 0. The van der Waals surface area contributed by atoms with Crippen molar-refractivity contribution in [2.45, 2.75) is 79.2 Å². The summed E-state index contributed by atoms with van der Waals surface area (Å²) in [6.45, 7) is 13.0. The Morgan fingerprint density at radius 1 is 1.00 bits per heavy atom. The molecular weight excluding hydrogens is 206 g/mol. The zero-order chi connectivity index (χ0) is 12.9. The van der Waals surface area contributed by atoms with E-state index in [2.05, 4.69) is 39.9 Å². The van der Waals surface area contributed by atoms with E-state index in [1.807, 2.05) is 0 Å². The van der Waals surface area contributed by atoms with Gasteiger partial charge in [0.15, 0.2) is 0 Å². The van der Waals surface area contributed by atoms with Crippen LogP contribution in [0.2, 0.25) is 0 Å².